The first kappa shape index (κ1) is 49.6. The second-order valence-electron chi connectivity index (χ2n) is 18.0. The molecule has 6 aromatic rings. The number of morpholine rings is 1. The van der Waals surface area contributed by atoms with E-state index in [1.54, 1.807) is 44.2 Å². The smallest absolute Gasteiger partial charge is 0.329 e. The third-order valence-electron chi connectivity index (χ3n) is 13.6. The van der Waals surface area contributed by atoms with Crippen molar-refractivity contribution in [2.45, 2.75) is 56.0 Å². The van der Waals surface area contributed by atoms with Gasteiger partial charge < -0.3 is 34.7 Å². The molecule has 4 heterocycles. The fourth-order valence-corrected chi connectivity index (χ4v) is 11.2. The number of para-hydroxylation sites is 1. The molecule has 3 aliphatic heterocycles. The molecule has 372 valence electrons. The number of anilines is 2. The van der Waals surface area contributed by atoms with Crippen LogP contribution < -0.4 is 15.5 Å². The number of thiazole rings is 1. The zero-order valence-electron chi connectivity index (χ0n) is 40.1. The lowest BCUT2D eigenvalue weighted by molar-refractivity contribution is -0.178. The maximum atomic E-state index is 16.6. The Balaban J connectivity index is 1.34. The number of urea groups is 1. The molecule has 17 nitrogen and oxygen atoms in total. The van der Waals surface area contributed by atoms with Gasteiger partial charge in [-0.1, -0.05) is 122 Å². The summed E-state index contributed by atoms with van der Waals surface area (Å²) in [4.78, 5) is 109. The van der Waals surface area contributed by atoms with Crippen molar-refractivity contribution >= 4 is 74.1 Å². The number of methoxy groups -OCH3 is 3. The third-order valence-corrected chi connectivity index (χ3v) is 14.5. The number of imide groups is 1. The molecular formula is C55H49N5O12S. The van der Waals surface area contributed by atoms with Gasteiger partial charge in [0, 0.05) is 12.0 Å². The predicted octanol–water partition coefficient (Wildman–Crippen LogP) is 6.92. The molecule has 7 atom stereocenters. The van der Waals surface area contributed by atoms with Crippen LogP contribution in [0.3, 0.4) is 0 Å². The van der Waals surface area contributed by atoms with Gasteiger partial charge in [-0.2, -0.15) is 0 Å². The lowest BCUT2D eigenvalue weighted by Gasteiger charge is -2.46. The minimum atomic E-state index is -2.26. The molecule has 0 unspecified atom stereocenters. The number of hydrogen-bond donors (Lipinski definition) is 3. The SMILES string of the molecule is COC(=O)C(CC#Cc1ccc2c(c1)[C@]1(C(=O)N2C(=O)N[C@H](C(=O)OC)C(C)C)[C@H](c2ccc(O)cc2)N2[C@H](c3ccccc3)[C@H](c3ccccc3)OC(=O)[C@H]2[C@@H]1C(=O)Nc1nc2ccccc2s1)C(=O)OC. The van der Waals surface area contributed by atoms with Crippen molar-refractivity contribution in [3.63, 3.8) is 0 Å². The van der Waals surface area contributed by atoms with E-state index in [0.717, 1.165) is 23.8 Å². The number of aromatic hydroxyl groups is 1. The summed E-state index contributed by atoms with van der Waals surface area (Å²) >= 11 is 1.18. The second kappa shape index (κ2) is 20.4. The molecule has 0 aliphatic carbocycles. The molecule has 3 N–H and O–H groups in total. The summed E-state index contributed by atoms with van der Waals surface area (Å²) < 4.78 is 22.0. The standard InChI is InChI=1S/C55H49N5O12S/c1-30(2)42(50(65)71-5)57-54(68)59-39-28-23-31(15-14-20-36(48(63)69-3)49(64)70-4)29-37(39)55(52(59)67)41(47(62)58-53-56-38-21-12-13-22-40(38)73-53)44-51(66)72-45(33-18-10-7-11-19-33)43(32-16-8-6-9-17-32)60(44)46(55)34-24-26-35(61)27-25-34/h6-13,16-19,21-30,36,41-46,61H,20H2,1-5H3,(H,57,68)(H,56,58,62)/t41-,42+,43-,44-,45+,46+,55-/m1/s1. The van der Waals surface area contributed by atoms with Gasteiger partial charge in [-0.15, -0.1) is 0 Å². The lowest BCUT2D eigenvalue weighted by atomic mass is 9.65. The molecule has 4 amide bonds. The molecule has 18 heteroatoms. The third kappa shape index (κ3) is 8.80. The Morgan fingerprint density at radius 2 is 1.41 bits per heavy atom. The first-order valence-corrected chi connectivity index (χ1v) is 24.1. The Labute approximate surface area is 423 Å². The van der Waals surface area contributed by atoms with Crippen LogP contribution in [-0.2, 0) is 53.1 Å². The number of ether oxygens (including phenoxy) is 4. The van der Waals surface area contributed by atoms with Crippen LogP contribution in [0.2, 0.25) is 0 Å². The normalized spacial score (nSPS) is 21.4. The van der Waals surface area contributed by atoms with Gasteiger partial charge in [-0.3, -0.25) is 28.9 Å². The van der Waals surface area contributed by atoms with Crippen LogP contribution >= 0.6 is 11.3 Å². The van der Waals surface area contributed by atoms with Gasteiger partial charge in [0.05, 0.1) is 55.2 Å². The average molecular weight is 1000 g/mol. The highest BCUT2D eigenvalue weighted by Crippen LogP contribution is 2.66. The summed E-state index contributed by atoms with van der Waals surface area (Å²) in [6.07, 6.45) is -1.35. The van der Waals surface area contributed by atoms with Gasteiger partial charge in [0.2, 0.25) is 11.8 Å². The van der Waals surface area contributed by atoms with Crippen LogP contribution in [0.5, 0.6) is 5.75 Å². The van der Waals surface area contributed by atoms with Crippen molar-refractivity contribution in [1.29, 1.82) is 0 Å². The van der Waals surface area contributed by atoms with E-state index in [1.165, 1.54) is 42.7 Å². The Kier molecular flexibility index (Phi) is 13.8. The van der Waals surface area contributed by atoms with Crippen LogP contribution in [0.15, 0.2) is 127 Å². The zero-order valence-corrected chi connectivity index (χ0v) is 41.0. The molecule has 1 aromatic heterocycles. The average Bonchev–Trinajstić information content (AvgIpc) is 4.09. The number of hydrogen-bond acceptors (Lipinski definition) is 15. The second-order valence-corrected chi connectivity index (χ2v) is 19.0. The molecule has 3 aliphatic rings. The van der Waals surface area contributed by atoms with Crippen molar-refractivity contribution < 1.29 is 57.6 Å². The van der Waals surface area contributed by atoms with Crippen molar-refractivity contribution in [2.75, 3.05) is 31.5 Å². The van der Waals surface area contributed by atoms with Gasteiger partial charge >= 0.3 is 29.9 Å². The number of phenols is 1. The van der Waals surface area contributed by atoms with E-state index in [0.29, 0.717) is 22.2 Å². The first-order valence-electron chi connectivity index (χ1n) is 23.3. The Bertz CT molecular complexity index is 3160. The van der Waals surface area contributed by atoms with E-state index >= 15 is 19.2 Å². The summed E-state index contributed by atoms with van der Waals surface area (Å²) in [5.41, 5.74) is 0.261. The number of phenolic OH excluding ortho intramolecular Hbond substituents is 1. The summed E-state index contributed by atoms with van der Waals surface area (Å²) in [6.45, 7) is 3.38. The van der Waals surface area contributed by atoms with Gasteiger partial charge in [0.1, 0.15) is 29.4 Å². The fraction of sp³-hybridized carbons (Fsp3) is 0.273. The summed E-state index contributed by atoms with van der Waals surface area (Å²) in [7, 11) is 3.43. The quantitative estimate of drug-likeness (QED) is 0.0520. The van der Waals surface area contributed by atoms with Crippen LogP contribution in [0.25, 0.3) is 10.2 Å². The Morgan fingerprint density at radius 1 is 0.781 bits per heavy atom. The number of carbonyl (C=O) groups excluding carboxylic acids is 7. The number of fused-ring (bicyclic) bond motifs is 4. The lowest BCUT2D eigenvalue weighted by Crippen LogP contribution is -2.57. The highest BCUT2D eigenvalue weighted by atomic mass is 32.1. The van der Waals surface area contributed by atoms with Gasteiger partial charge in [0.25, 0.3) is 0 Å². The van der Waals surface area contributed by atoms with Crippen LogP contribution in [0.1, 0.15) is 66.3 Å². The number of esters is 4. The van der Waals surface area contributed by atoms with E-state index in [1.807, 2.05) is 77.7 Å². The van der Waals surface area contributed by atoms with Crippen molar-refractivity contribution in [2.24, 2.45) is 17.8 Å². The number of aromatic nitrogens is 1. The van der Waals surface area contributed by atoms with Crippen LogP contribution in [0, 0.1) is 29.6 Å². The summed E-state index contributed by atoms with van der Waals surface area (Å²) in [6, 6.07) is 30.0. The molecule has 2 saturated heterocycles. The topological polar surface area (TPSA) is 220 Å². The summed E-state index contributed by atoms with van der Waals surface area (Å²) in [5.74, 6) is -3.04. The predicted molar refractivity (Wildman–Crippen MR) is 266 cm³/mol. The van der Waals surface area contributed by atoms with E-state index in [2.05, 4.69) is 27.5 Å². The van der Waals surface area contributed by atoms with E-state index in [9.17, 15) is 19.5 Å². The first-order chi connectivity index (χ1) is 35.2. The number of amides is 4. The minimum absolute atomic E-state index is 0.00642. The number of benzene rings is 5. The highest BCUT2D eigenvalue weighted by molar-refractivity contribution is 7.22. The van der Waals surface area contributed by atoms with Crippen molar-refractivity contribution in [3.05, 3.63) is 155 Å². The molecule has 9 rings (SSSR count). The van der Waals surface area contributed by atoms with E-state index in [-0.39, 0.29) is 34.1 Å². The largest absolute Gasteiger partial charge is 0.508 e. The van der Waals surface area contributed by atoms with E-state index in [4.69, 9.17) is 18.9 Å². The highest BCUT2D eigenvalue weighted by Gasteiger charge is 2.75. The monoisotopic (exact) mass is 1000 g/mol. The molecular weight excluding hydrogens is 955 g/mol. The molecule has 1 spiro atoms. The number of rotatable bonds is 11. The number of carbonyl (C=O) groups is 7. The number of cyclic esters (lactones) is 1. The van der Waals surface area contributed by atoms with Crippen LogP contribution in [-0.4, -0.2) is 90.1 Å². The Morgan fingerprint density at radius 3 is 2.04 bits per heavy atom. The molecule has 0 bridgehead atoms. The van der Waals surface area contributed by atoms with Gasteiger partial charge in [-0.25, -0.2) is 19.5 Å². The van der Waals surface area contributed by atoms with Crippen molar-refractivity contribution in [1.82, 2.24) is 15.2 Å². The minimum Gasteiger partial charge on any atom is -0.508 e. The maximum absolute atomic E-state index is 16.6. The number of nitrogens with zero attached hydrogens (tertiary/aromatic N) is 3. The van der Waals surface area contributed by atoms with Gasteiger partial charge in [0.15, 0.2) is 11.0 Å². The molecule has 5 aromatic carbocycles. The summed E-state index contributed by atoms with van der Waals surface area (Å²) in [5, 5.41) is 16.6. The molecule has 0 saturated carbocycles. The molecule has 73 heavy (non-hydrogen) atoms. The van der Waals surface area contributed by atoms with E-state index < -0.39 is 95.2 Å². The van der Waals surface area contributed by atoms with Crippen LogP contribution in [0.4, 0.5) is 15.6 Å². The molecule has 0 radical (unpaired) electrons. The van der Waals surface area contributed by atoms with Gasteiger partial charge in [-0.05, 0) is 70.6 Å². The fourth-order valence-electron chi connectivity index (χ4n) is 10.4. The maximum Gasteiger partial charge on any atom is 0.329 e. The zero-order chi connectivity index (χ0) is 51.7. The molecule has 2 fully saturated rings. The van der Waals surface area contributed by atoms with Crippen molar-refractivity contribution in [3.8, 4) is 17.6 Å². The Hall–Kier alpha value is -8.40. The number of nitrogens with one attached hydrogen (secondary N) is 2.